The third-order valence-electron chi connectivity index (χ3n) is 7.06. The number of nitrogens with zero attached hydrogens (tertiary/aromatic N) is 2. The molecule has 0 N–H and O–H groups in total. The Labute approximate surface area is 218 Å². The fourth-order valence-electron chi connectivity index (χ4n) is 5.24. The highest BCUT2D eigenvalue weighted by Crippen LogP contribution is 2.45. The minimum Gasteiger partial charge on any atom is -0.493 e. The van der Waals surface area contributed by atoms with Crippen LogP contribution in [0.1, 0.15) is 47.5 Å². The summed E-state index contributed by atoms with van der Waals surface area (Å²) in [5, 5.41) is 1.48. The minimum atomic E-state index is -3.99. The molecule has 198 valence electrons. The molecule has 3 atom stereocenters. The van der Waals surface area contributed by atoms with E-state index in [9.17, 15) is 21.2 Å². The van der Waals surface area contributed by atoms with Gasteiger partial charge in [-0.2, -0.15) is 0 Å². The van der Waals surface area contributed by atoms with E-state index in [1.807, 2.05) is 0 Å². The van der Waals surface area contributed by atoms with Crippen LogP contribution < -0.4 is 4.74 Å². The van der Waals surface area contributed by atoms with Gasteiger partial charge in [-0.1, -0.05) is 12.1 Å². The second kappa shape index (κ2) is 10.0. The number of thiazole rings is 1. The normalized spacial score (nSPS) is 22.8. The Morgan fingerprint density at radius 1 is 1.08 bits per heavy atom. The lowest BCUT2D eigenvalue weighted by molar-refractivity contribution is 0.0677. The van der Waals surface area contributed by atoms with Crippen molar-refractivity contribution in [2.45, 2.75) is 47.2 Å². The topological polar surface area (TPSA) is 93.6 Å². The first-order valence-corrected chi connectivity index (χ1v) is 16.3. The lowest BCUT2D eigenvalue weighted by atomic mass is 9.89. The van der Waals surface area contributed by atoms with E-state index in [-0.39, 0.29) is 18.7 Å². The predicted molar refractivity (Wildman–Crippen MR) is 136 cm³/mol. The zero-order valence-corrected chi connectivity index (χ0v) is 22.5. The van der Waals surface area contributed by atoms with Crippen molar-refractivity contribution in [2.75, 3.05) is 19.4 Å². The van der Waals surface area contributed by atoms with Crippen LogP contribution in [0.2, 0.25) is 0 Å². The minimum absolute atomic E-state index is 0.289. The number of sulfone groups is 2. The highest BCUT2D eigenvalue weighted by atomic mass is 32.2. The summed E-state index contributed by atoms with van der Waals surface area (Å²) >= 11 is 1.18. The van der Waals surface area contributed by atoms with E-state index in [0.29, 0.717) is 42.1 Å². The van der Waals surface area contributed by atoms with E-state index in [2.05, 4.69) is 9.88 Å². The zero-order valence-electron chi connectivity index (χ0n) is 20.0. The molecule has 3 heterocycles. The van der Waals surface area contributed by atoms with Crippen LogP contribution in [-0.4, -0.2) is 51.4 Å². The summed E-state index contributed by atoms with van der Waals surface area (Å²) in [6, 6.07) is 7.77. The fraction of sp³-hybridized carbons (Fsp3) is 0.400. The molecule has 1 aromatic heterocycles. The molecule has 2 aliphatic rings. The Kier molecular flexibility index (Phi) is 7.12. The fourth-order valence-corrected chi connectivity index (χ4v) is 8.65. The van der Waals surface area contributed by atoms with Crippen molar-refractivity contribution in [3.63, 3.8) is 0 Å². The van der Waals surface area contributed by atoms with Crippen molar-refractivity contribution in [1.82, 2.24) is 9.88 Å². The van der Waals surface area contributed by atoms with E-state index in [1.54, 1.807) is 17.5 Å². The number of likely N-dealkylation sites (tertiary alicyclic amines) is 1. The van der Waals surface area contributed by atoms with Gasteiger partial charge < -0.3 is 4.74 Å². The van der Waals surface area contributed by atoms with Crippen molar-refractivity contribution in [3.8, 4) is 5.75 Å². The zero-order chi connectivity index (χ0) is 26.4. The van der Waals surface area contributed by atoms with Gasteiger partial charge in [-0.25, -0.2) is 30.6 Å². The maximum atomic E-state index is 15.3. The van der Waals surface area contributed by atoms with Gasteiger partial charge in [0, 0.05) is 54.5 Å². The molecule has 0 radical (unpaired) electrons. The number of rotatable bonds is 6. The average molecular weight is 569 g/mol. The molecular formula is C25H26F2N2O5S3. The first-order chi connectivity index (χ1) is 17.5. The number of benzene rings is 2. The average Bonchev–Trinajstić information content (AvgIpc) is 3.35. The second-order valence-corrected chi connectivity index (χ2v) is 14.7. The van der Waals surface area contributed by atoms with Gasteiger partial charge in [0.15, 0.2) is 9.84 Å². The van der Waals surface area contributed by atoms with E-state index in [4.69, 9.17) is 4.74 Å². The van der Waals surface area contributed by atoms with Crippen LogP contribution in [-0.2, 0) is 25.4 Å². The van der Waals surface area contributed by atoms with E-state index < -0.39 is 47.2 Å². The molecular weight excluding hydrogens is 542 g/mol. The Bertz CT molecular complexity index is 1490. The summed E-state index contributed by atoms with van der Waals surface area (Å²) < 4.78 is 85.4. The molecule has 2 aliphatic heterocycles. The third kappa shape index (κ3) is 5.43. The van der Waals surface area contributed by atoms with Crippen LogP contribution in [0.5, 0.6) is 5.75 Å². The summed E-state index contributed by atoms with van der Waals surface area (Å²) in [4.78, 5) is 5.67. The Hall–Kier alpha value is -2.41. The molecule has 1 saturated heterocycles. The first kappa shape index (κ1) is 26.2. The van der Waals surface area contributed by atoms with Crippen LogP contribution in [0, 0.1) is 11.6 Å². The number of piperidine rings is 1. The van der Waals surface area contributed by atoms with E-state index in [1.165, 1.54) is 48.1 Å². The van der Waals surface area contributed by atoms with Crippen molar-refractivity contribution in [2.24, 2.45) is 0 Å². The SMILES string of the molecule is CS(=O)(=O)[C@@H]1CCN([C@@H]2CCOc3cc(S(=O)(=O)Cc4nccs4)c(F)cc32)[C@H](c2ccc(F)cc2)C1. The van der Waals surface area contributed by atoms with Crippen molar-refractivity contribution in [1.29, 1.82) is 0 Å². The van der Waals surface area contributed by atoms with Crippen LogP contribution in [0.25, 0.3) is 0 Å². The van der Waals surface area contributed by atoms with E-state index >= 15 is 4.39 Å². The molecule has 0 saturated carbocycles. The van der Waals surface area contributed by atoms with Crippen LogP contribution >= 0.6 is 11.3 Å². The molecule has 12 heteroatoms. The van der Waals surface area contributed by atoms with Gasteiger partial charge in [0.25, 0.3) is 0 Å². The van der Waals surface area contributed by atoms with Crippen LogP contribution in [0.3, 0.4) is 0 Å². The molecule has 5 rings (SSSR count). The molecule has 2 aromatic carbocycles. The van der Waals surface area contributed by atoms with E-state index in [0.717, 1.165) is 5.56 Å². The van der Waals surface area contributed by atoms with Crippen molar-refractivity contribution >= 4 is 31.0 Å². The number of fused-ring (bicyclic) bond motifs is 1. The van der Waals surface area contributed by atoms with Gasteiger partial charge in [0.1, 0.15) is 42.9 Å². The number of aromatic nitrogens is 1. The number of hydrogen-bond donors (Lipinski definition) is 0. The van der Waals surface area contributed by atoms with Gasteiger partial charge in [-0.3, -0.25) is 4.90 Å². The van der Waals surface area contributed by atoms with Gasteiger partial charge >= 0.3 is 0 Å². The molecule has 1 fully saturated rings. The van der Waals surface area contributed by atoms with Gasteiger partial charge in [0.2, 0.25) is 0 Å². The van der Waals surface area contributed by atoms with Crippen LogP contribution in [0.15, 0.2) is 52.9 Å². The van der Waals surface area contributed by atoms with Crippen molar-refractivity contribution in [3.05, 3.63) is 75.7 Å². The highest BCUT2D eigenvalue weighted by molar-refractivity contribution is 7.91. The van der Waals surface area contributed by atoms with Gasteiger partial charge in [-0.05, 0) is 36.6 Å². The Balaban J connectivity index is 1.51. The summed E-state index contributed by atoms with van der Waals surface area (Å²) in [7, 11) is -7.29. The van der Waals surface area contributed by atoms with Gasteiger partial charge in [0.05, 0.1) is 11.9 Å². The van der Waals surface area contributed by atoms with Crippen molar-refractivity contribution < 1.29 is 30.4 Å². The molecule has 0 spiro atoms. The molecule has 7 nitrogen and oxygen atoms in total. The maximum Gasteiger partial charge on any atom is 0.187 e. The van der Waals surface area contributed by atoms with Gasteiger partial charge in [-0.15, -0.1) is 11.3 Å². The molecule has 37 heavy (non-hydrogen) atoms. The predicted octanol–water partition coefficient (Wildman–Crippen LogP) is 4.47. The summed E-state index contributed by atoms with van der Waals surface area (Å²) in [5.74, 6) is -1.38. The lowest BCUT2D eigenvalue weighted by Crippen LogP contribution is -2.44. The third-order valence-corrected chi connectivity index (χ3v) is 11.3. The molecule has 0 aliphatic carbocycles. The monoisotopic (exact) mass is 568 g/mol. The highest BCUT2D eigenvalue weighted by Gasteiger charge is 2.40. The molecule has 0 unspecified atom stereocenters. The molecule has 0 bridgehead atoms. The largest absolute Gasteiger partial charge is 0.493 e. The maximum absolute atomic E-state index is 15.3. The standard InChI is InChI=1S/C25H26F2N2O5S3/c1-36(30,31)18-6-9-29(22(12-18)16-2-4-17(26)5-3-16)21-7-10-34-23-14-24(20(27)13-19(21)23)37(32,33)15-25-28-8-11-35-25/h2-5,8,11,13-14,18,21-22H,6-7,9-10,12,15H2,1H3/t18-,21-,22+/m1/s1. The number of hydrogen-bond acceptors (Lipinski definition) is 8. The first-order valence-electron chi connectivity index (χ1n) is 11.8. The smallest absolute Gasteiger partial charge is 0.187 e. The second-order valence-electron chi connectivity index (χ2n) is 9.44. The molecule has 0 amide bonds. The quantitative estimate of drug-likeness (QED) is 0.433. The Morgan fingerprint density at radius 3 is 2.51 bits per heavy atom. The number of ether oxygens (including phenoxy) is 1. The summed E-state index contributed by atoms with van der Waals surface area (Å²) in [6.45, 7) is 0.715. The summed E-state index contributed by atoms with van der Waals surface area (Å²) in [6.07, 6.45) is 3.96. The number of halogens is 2. The van der Waals surface area contributed by atoms with Crippen LogP contribution in [0.4, 0.5) is 8.78 Å². The Morgan fingerprint density at radius 2 is 1.84 bits per heavy atom. The summed E-state index contributed by atoms with van der Waals surface area (Å²) in [5.41, 5.74) is 1.28. The lowest BCUT2D eigenvalue weighted by Gasteiger charge is -2.45. The molecule has 3 aromatic rings.